The van der Waals surface area contributed by atoms with Crippen molar-refractivity contribution in [2.24, 2.45) is 23.2 Å². The van der Waals surface area contributed by atoms with Crippen LogP contribution >= 0.6 is 7.14 Å². The summed E-state index contributed by atoms with van der Waals surface area (Å²) in [6.45, 7) is 3.58. The second kappa shape index (κ2) is 6.84. The van der Waals surface area contributed by atoms with Gasteiger partial charge in [-0.15, -0.1) is 0 Å². The summed E-state index contributed by atoms with van der Waals surface area (Å²) in [5.74, 6) is 4.90. The first-order valence-electron chi connectivity index (χ1n) is 10.8. The fraction of sp³-hybridized carbons (Fsp3) is 0.565. The van der Waals surface area contributed by atoms with Crippen LogP contribution in [0.4, 0.5) is 17.3 Å². The van der Waals surface area contributed by atoms with E-state index >= 15 is 0 Å². The lowest BCUT2D eigenvalue weighted by Gasteiger charge is -2.56. The van der Waals surface area contributed by atoms with Crippen molar-refractivity contribution in [1.82, 2.24) is 9.97 Å². The van der Waals surface area contributed by atoms with Gasteiger partial charge in [0, 0.05) is 23.5 Å². The molecule has 3 N–H and O–H groups in total. The zero-order valence-corrected chi connectivity index (χ0v) is 18.3. The molecule has 0 amide bonds. The molecule has 4 bridgehead atoms. The van der Waals surface area contributed by atoms with Gasteiger partial charge >= 0.3 is 0 Å². The highest BCUT2D eigenvalue weighted by molar-refractivity contribution is 7.70. The number of nitrogens with one attached hydrogen (secondary N) is 1. The quantitative estimate of drug-likeness (QED) is 0.692. The average Bonchev–Trinajstić information content (AvgIpc) is 2.59. The smallest absolute Gasteiger partial charge is 0.136 e. The van der Waals surface area contributed by atoms with Gasteiger partial charge in [-0.05, 0) is 99.3 Å². The zero-order chi connectivity index (χ0) is 20.2. The number of hydrogen-bond acceptors (Lipinski definition) is 5. The van der Waals surface area contributed by atoms with E-state index in [1.165, 1.54) is 38.5 Å². The lowest BCUT2D eigenvalue weighted by Crippen LogP contribution is -2.47. The summed E-state index contributed by atoms with van der Waals surface area (Å²) in [5, 5.41) is 4.23. The number of rotatable bonds is 5. The molecular weight excluding hydrogens is 379 g/mol. The van der Waals surface area contributed by atoms with Gasteiger partial charge in [0.15, 0.2) is 0 Å². The van der Waals surface area contributed by atoms with E-state index < -0.39 is 7.14 Å². The standard InChI is InChI=1S/C23H31N4OP/c1-29(2,28)19-5-3-18(4-6-19)25-21-10-20(24)26-22(27-21)14-23-11-15-7-16(12-23)9-17(8-15)13-23/h3-6,10,15-17H,7-9,11-14H2,1-2H3,(H3,24,25,26,27). The summed E-state index contributed by atoms with van der Waals surface area (Å²) in [6, 6.07) is 9.54. The van der Waals surface area contributed by atoms with E-state index in [2.05, 4.69) is 10.3 Å². The summed E-state index contributed by atoms with van der Waals surface area (Å²) in [4.78, 5) is 9.41. The van der Waals surface area contributed by atoms with Gasteiger partial charge in [-0.1, -0.05) is 0 Å². The molecule has 4 aliphatic rings. The third-order valence-corrected chi connectivity index (χ3v) is 8.79. The maximum absolute atomic E-state index is 12.2. The van der Waals surface area contributed by atoms with Crippen LogP contribution < -0.4 is 16.4 Å². The highest BCUT2D eigenvalue weighted by atomic mass is 31.2. The third-order valence-electron chi connectivity index (χ3n) is 7.25. The van der Waals surface area contributed by atoms with E-state index in [-0.39, 0.29) is 0 Å². The molecule has 0 saturated heterocycles. The van der Waals surface area contributed by atoms with E-state index in [0.29, 0.717) is 11.2 Å². The Morgan fingerprint density at radius 3 is 2.17 bits per heavy atom. The fourth-order valence-corrected chi connectivity index (χ4v) is 7.42. The number of benzene rings is 1. The minimum absolute atomic E-state index is 0.394. The van der Waals surface area contributed by atoms with Crippen molar-refractivity contribution in [2.75, 3.05) is 24.4 Å². The van der Waals surface area contributed by atoms with E-state index in [0.717, 1.165) is 46.8 Å². The monoisotopic (exact) mass is 410 g/mol. The van der Waals surface area contributed by atoms with Crippen molar-refractivity contribution in [1.29, 1.82) is 0 Å². The summed E-state index contributed by atoms with van der Waals surface area (Å²) in [6.07, 6.45) is 9.32. The lowest BCUT2D eigenvalue weighted by molar-refractivity contribution is -0.0531. The minimum Gasteiger partial charge on any atom is -0.384 e. The molecule has 0 radical (unpaired) electrons. The van der Waals surface area contributed by atoms with Gasteiger partial charge < -0.3 is 15.6 Å². The van der Waals surface area contributed by atoms with E-state index in [1.807, 2.05) is 24.3 Å². The topological polar surface area (TPSA) is 80.9 Å². The molecular formula is C23H31N4OP. The SMILES string of the molecule is CP(C)(=O)c1ccc(Nc2cc(N)nc(CC34CC5CC(CC(C5)C3)C4)n2)cc1. The number of nitrogens with zero attached hydrogens (tertiary/aromatic N) is 2. The van der Waals surface area contributed by atoms with Gasteiger partial charge in [-0.25, -0.2) is 9.97 Å². The van der Waals surface area contributed by atoms with Crippen LogP contribution in [-0.4, -0.2) is 23.3 Å². The first kappa shape index (κ1) is 19.1. The van der Waals surface area contributed by atoms with Crippen LogP contribution in [0.3, 0.4) is 0 Å². The molecule has 1 aromatic carbocycles. The van der Waals surface area contributed by atoms with Crippen LogP contribution in [0.5, 0.6) is 0 Å². The number of aromatic nitrogens is 2. The number of nitrogen functional groups attached to an aromatic ring is 1. The molecule has 1 aromatic heterocycles. The predicted octanol–water partition coefficient (Wildman–Crippen LogP) is 4.81. The van der Waals surface area contributed by atoms with Crippen LogP contribution in [0.2, 0.25) is 0 Å². The largest absolute Gasteiger partial charge is 0.384 e. The average molecular weight is 411 g/mol. The first-order chi connectivity index (χ1) is 13.8. The van der Waals surface area contributed by atoms with Crippen LogP contribution in [0.1, 0.15) is 44.3 Å². The Morgan fingerprint density at radius 1 is 1.03 bits per heavy atom. The number of hydrogen-bond donors (Lipinski definition) is 2. The molecule has 4 aliphatic carbocycles. The van der Waals surface area contributed by atoms with E-state index in [9.17, 15) is 4.57 Å². The molecule has 1 heterocycles. The van der Waals surface area contributed by atoms with E-state index in [4.69, 9.17) is 10.7 Å². The molecule has 5 nitrogen and oxygen atoms in total. The number of anilines is 3. The summed E-state index contributed by atoms with van der Waals surface area (Å²) in [7, 11) is -2.24. The molecule has 6 rings (SSSR count). The van der Waals surface area contributed by atoms with Gasteiger partial charge in [0.1, 0.15) is 24.6 Å². The van der Waals surface area contributed by atoms with Crippen LogP contribution in [0.15, 0.2) is 30.3 Å². The Kier molecular flexibility index (Phi) is 4.51. The fourth-order valence-electron chi connectivity index (χ4n) is 6.55. The molecule has 0 aliphatic heterocycles. The molecule has 29 heavy (non-hydrogen) atoms. The lowest BCUT2D eigenvalue weighted by atomic mass is 9.49. The van der Waals surface area contributed by atoms with Crippen molar-refractivity contribution >= 4 is 29.8 Å². The van der Waals surface area contributed by atoms with E-state index in [1.54, 1.807) is 19.4 Å². The minimum atomic E-state index is -2.24. The summed E-state index contributed by atoms with van der Waals surface area (Å²) >= 11 is 0. The summed E-state index contributed by atoms with van der Waals surface area (Å²) < 4.78 is 12.2. The summed E-state index contributed by atoms with van der Waals surface area (Å²) in [5.41, 5.74) is 7.44. The van der Waals surface area contributed by atoms with Crippen molar-refractivity contribution in [3.63, 3.8) is 0 Å². The maximum Gasteiger partial charge on any atom is 0.136 e. The molecule has 2 aromatic rings. The molecule has 0 spiro atoms. The number of nitrogens with two attached hydrogens (primary N) is 1. The molecule has 4 saturated carbocycles. The Balaban J connectivity index is 1.35. The zero-order valence-electron chi connectivity index (χ0n) is 17.4. The highest BCUT2D eigenvalue weighted by Crippen LogP contribution is 2.60. The second-order valence-electron chi connectivity index (χ2n) is 10.2. The highest BCUT2D eigenvalue weighted by Gasteiger charge is 2.51. The first-order valence-corrected chi connectivity index (χ1v) is 13.4. The molecule has 0 unspecified atom stereocenters. The maximum atomic E-state index is 12.2. The van der Waals surface area contributed by atoms with Gasteiger partial charge in [-0.3, -0.25) is 0 Å². The normalized spacial score (nSPS) is 30.5. The Bertz CT molecular complexity index is 930. The van der Waals surface area contributed by atoms with Crippen LogP contribution in [-0.2, 0) is 11.0 Å². The Morgan fingerprint density at radius 2 is 1.62 bits per heavy atom. The Hall–Kier alpha value is -1.87. The predicted molar refractivity (Wildman–Crippen MR) is 120 cm³/mol. The van der Waals surface area contributed by atoms with Crippen molar-refractivity contribution in [3.8, 4) is 0 Å². The van der Waals surface area contributed by atoms with Crippen LogP contribution in [0.25, 0.3) is 0 Å². The third kappa shape index (κ3) is 3.94. The van der Waals surface area contributed by atoms with Crippen LogP contribution in [0, 0.1) is 23.2 Å². The van der Waals surface area contributed by atoms with Crippen molar-refractivity contribution < 1.29 is 4.57 Å². The van der Waals surface area contributed by atoms with Gasteiger partial charge in [0.2, 0.25) is 0 Å². The molecule has 0 atom stereocenters. The second-order valence-corrected chi connectivity index (χ2v) is 13.4. The molecule has 6 heteroatoms. The van der Waals surface area contributed by atoms with Gasteiger partial charge in [0.25, 0.3) is 0 Å². The van der Waals surface area contributed by atoms with Crippen molar-refractivity contribution in [3.05, 3.63) is 36.2 Å². The van der Waals surface area contributed by atoms with Crippen molar-refractivity contribution in [2.45, 2.75) is 44.9 Å². The van der Waals surface area contributed by atoms with Gasteiger partial charge in [-0.2, -0.15) is 0 Å². The Labute approximate surface area is 173 Å². The molecule has 154 valence electrons. The molecule has 4 fully saturated rings. The van der Waals surface area contributed by atoms with Gasteiger partial charge in [0.05, 0.1) is 0 Å².